The van der Waals surface area contributed by atoms with Crippen LogP contribution in [0.2, 0.25) is 0 Å². The van der Waals surface area contributed by atoms with Crippen molar-refractivity contribution in [2.75, 3.05) is 40.1 Å². The van der Waals surface area contributed by atoms with Crippen molar-refractivity contribution in [2.24, 2.45) is 5.73 Å². The summed E-state index contributed by atoms with van der Waals surface area (Å²) in [7, 11) is 1.66. The molecule has 0 heterocycles. The van der Waals surface area contributed by atoms with Gasteiger partial charge in [-0.05, 0) is 24.1 Å². The van der Waals surface area contributed by atoms with Gasteiger partial charge in [-0.2, -0.15) is 0 Å². The van der Waals surface area contributed by atoms with E-state index in [-0.39, 0.29) is 11.9 Å². The Hall–Kier alpha value is -1.01. The molecule has 0 amide bonds. The topological polar surface area (TPSA) is 53.7 Å². The van der Waals surface area contributed by atoms with Gasteiger partial charge in [0.1, 0.15) is 5.82 Å². The zero-order valence-corrected chi connectivity index (χ0v) is 11.3. The highest BCUT2D eigenvalue weighted by Crippen LogP contribution is 2.11. The molecule has 0 fully saturated rings. The molecule has 0 aliphatic carbocycles. The largest absolute Gasteiger partial charge is 0.385 e. The van der Waals surface area contributed by atoms with Crippen LogP contribution in [-0.2, 0) is 14.2 Å². The second kappa shape index (κ2) is 9.86. The molecule has 4 nitrogen and oxygen atoms in total. The first-order chi connectivity index (χ1) is 9.24. The molecule has 1 rings (SSSR count). The monoisotopic (exact) mass is 271 g/mol. The lowest BCUT2D eigenvalue weighted by Gasteiger charge is -2.12. The van der Waals surface area contributed by atoms with Crippen LogP contribution in [0, 0.1) is 5.82 Å². The van der Waals surface area contributed by atoms with E-state index in [2.05, 4.69) is 0 Å². The van der Waals surface area contributed by atoms with Crippen LogP contribution in [0.1, 0.15) is 18.0 Å². The van der Waals surface area contributed by atoms with Gasteiger partial charge in [-0.3, -0.25) is 0 Å². The lowest BCUT2D eigenvalue weighted by molar-refractivity contribution is 0.0355. The predicted octanol–water partition coefficient (Wildman–Crippen LogP) is 1.90. The molecule has 1 unspecified atom stereocenters. The number of hydrogen-bond donors (Lipinski definition) is 1. The number of benzene rings is 1. The van der Waals surface area contributed by atoms with Crippen molar-refractivity contribution >= 4 is 0 Å². The van der Waals surface area contributed by atoms with Crippen molar-refractivity contribution in [1.29, 1.82) is 0 Å². The third-order valence-corrected chi connectivity index (χ3v) is 2.58. The van der Waals surface area contributed by atoms with E-state index in [4.69, 9.17) is 19.9 Å². The molecular formula is C14H22FNO3. The van der Waals surface area contributed by atoms with E-state index in [1.807, 2.05) is 0 Å². The first-order valence-corrected chi connectivity index (χ1v) is 6.39. The third-order valence-electron chi connectivity index (χ3n) is 2.58. The van der Waals surface area contributed by atoms with Crippen LogP contribution >= 0.6 is 0 Å². The SMILES string of the molecule is COCCCOCCOCC(N)c1cccc(F)c1. The smallest absolute Gasteiger partial charge is 0.123 e. The van der Waals surface area contributed by atoms with E-state index >= 15 is 0 Å². The quantitative estimate of drug-likeness (QED) is 0.660. The minimum Gasteiger partial charge on any atom is -0.385 e. The maximum atomic E-state index is 13.0. The second-order valence-corrected chi connectivity index (χ2v) is 4.20. The van der Waals surface area contributed by atoms with Crippen LogP contribution in [0.3, 0.4) is 0 Å². The molecule has 5 heteroatoms. The van der Waals surface area contributed by atoms with Gasteiger partial charge in [-0.15, -0.1) is 0 Å². The molecule has 0 saturated heterocycles. The van der Waals surface area contributed by atoms with Crippen LogP contribution in [-0.4, -0.2) is 40.1 Å². The van der Waals surface area contributed by atoms with Crippen molar-refractivity contribution in [3.63, 3.8) is 0 Å². The average Bonchev–Trinajstić information content (AvgIpc) is 2.41. The summed E-state index contributed by atoms with van der Waals surface area (Å²) in [6.45, 7) is 2.72. The maximum absolute atomic E-state index is 13.0. The Kier molecular flexibility index (Phi) is 8.33. The Morgan fingerprint density at radius 3 is 2.68 bits per heavy atom. The standard InChI is InChI=1S/C14H22FNO3/c1-17-6-3-7-18-8-9-19-11-14(16)12-4-2-5-13(15)10-12/h2,4-5,10,14H,3,6-9,11,16H2,1H3. The molecule has 1 aromatic carbocycles. The summed E-state index contributed by atoms with van der Waals surface area (Å²) in [5.74, 6) is -0.283. The summed E-state index contributed by atoms with van der Waals surface area (Å²) in [6.07, 6.45) is 0.874. The highest BCUT2D eigenvalue weighted by molar-refractivity contribution is 5.19. The fraction of sp³-hybridized carbons (Fsp3) is 0.571. The van der Waals surface area contributed by atoms with Gasteiger partial charge in [0, 0.05) is 20.3 Å². The third kappa shape index (κ3) is 7.22. The van der Waals surface area contributed by atoms with Crippen LogP contribution in [0.25, 0.3) is 0 Å². The Balaban J connectivity index is 2.06. The Morgan fingerprint density at radius 1 is 1.16 bits per heavy atom. The highest BCUT2D eigenvalue weighted by atomic mass is 19.1. The fourth-order valence-corrected chi connectivity index (χ4v) is 1.57. The summed E-state index contributed by atoms with van der Waals surface area (Å²) >= 11 is 0. The van der Waals surface area contributed by atoms with Crippen LogP contribution < -0.4 is 5.73 Å². The minimum atomic E-state index is -0.316. The van der Waals surface area contributed by atoms with Gasteiger partial charge in [0.2, 0.25) is 0 Å². The summed E-state index contributed by atoms with van der Waals surface area (Å²) in [5, 5.41) is 0. The van der Waals surface area contributed by atoms with Gasteiger partial charge in [0.15, 0.2) is 0 Å². The van der Waals surface area contributed by atoms with E-state index in [1.165, 1.54) is 12.1 Å². The Morgan fingerprint density at radius 2 is 1.95 bits per heavy atom. The maximum Gasteiger partial charge on any atom is 0.123 e. The first-order valence-electron chi connectivity index (χ1n) is 6.39. The molecule has 0 saturated carbocycles. The molecule has 2 N–H and O–H groups in total. The zero-order valence-electron chi connectivity index (χ0n) is 11.3. The molecule has 108 valence electrons. The molecule has 0 aliphatic rings. The van der Waals surface area contributed by atoms with E-state index in [0.29, 0.717) is 33.0 Å². The molecule has 0 radical (unpaired) electrons. The van der Waals surface area contributed by atoms with Crippen molar-refractivity contribution in [1.82, 2.24) is 0 Å². The summed E-state index contributed by atoms with van der Waals surface area (Å²) in [4.78, 5) is 0. The molecule has 0 bridgehead atoms. The fourth-order valence-electron chi connectivity index (χ4n) is 1.57. The first kappa shape index (κ1) is 16.0. The van der Waals surface area contributed by atoms with E-state index in [0.717, 1.165) is 12.0 Å². The normalized spacial score (nSPS) is 12.6. The van der Waals surface area contributed by atoms with Crippen LogP contribution in [0.5, 0.6) is 0 Å². The molecule has 0 aliphatic heterocycles. The van der Waals surface area contributed by atoms with Gasteiger partial charge < -0.3 is 19.9 Å². The van der Waals surface area contributed by atoms with Crippen LogP contribution in [0.15, 0.2) is 24.3 Å². The average molecular weight is 271 g/mol. The van der Waals surface area contributed by atoms with Gasteiger partial charge in [-0.1, -0.05) is 12.1 Å². The van der Waals surface area contributed by atoms with Crippen molar-refractivity contribution < 1.29 is 18.6 Å². The van der Waals surface area contributed by atoms with Crippen LogP contribution in [0.4, 0.5) is 4.39 Å². The van der Waals surface area contributed by atoms with Gasteiger partial charge >= 0.3 is 0 Å². The number of methoxy groups -OCH3 is 1. The molecular weight excluding hydrogens is 249 g/mol. The number of hydrogen-bond acceptors (Lipinski definition) is 4. The minimum absolute atomic E-state index is 0.283. The molecule has 19 heavy (non-hydrogen) atoms. The molecule has 1 aromatic rings. The van der Waals surface area contributed by atoms with E-state index < -0.39 is 0 Å². The summed E-state index contributed by atoms with van der Waals surface area (Å²) in [6, 6.07) is 5.94. The van der Waals surface area contributed by atoms with Gasteiger partial charge in [0.05, 0.1) is 25.9 Å². The Bertz CT molecular complexity index is 349. The van der Waals surface area contributed by atoms with Gasteiger partial charge in [0.25, 0.3) is 0 Å². The molecule has 1 atom stereocenters. The molecule has 0 spiro atoms. The van der Waals surface area contributed by atoms with Crippen molar-refractivity contribution in [3.8, 4) is 0 Å². The number of ether oxygens (including phenoxy) is 3. The summed E-state index contributed by atoms with van der Waals surface area (Å²) in [5.41, 5.74) is 6.63. The lowest BCUT2D eigenvalue weighted by Crippen LogP contribution is -2.19. The second-order valence-electron chi connectivity index (χ2n) is 4.20. The van der Waals surface area contributed by atoms with Crippen molar-refractivity contribution in [2.45, 2.75) is 12.5 Å². The van der Waals surface area contributed by atoms with E-state index in [1.54, 1.807) is 19.2 Å². The Labute approximate surface area is 113 Å². The summed E-state index contributed by atoms with van der Waals surface area (Å²) < 4.78 is 28.6. The van der Waals surface area contributed by atoms with Gasteiger partial charge in [-0.25, -0.2) is 4.39 Å². The van der Waals surface area contributed by atoms with E-state index in [9.17, 15) is 4.39 Å². The number of halogens is 1. The lowest BCUT2D eigenvalue weighted by atomic mass is 10.1. The number of rotatable bonds is 10. The predicted molar refractivity (Wildman–Crippen MR) is 71.5 cm³/mol. The highest BCUT2D eigenvalue weighted by Gasteiger charge is 2.06. The van der Waals surface area contributed by atoms with Crippen molar-refractivity contribution in [3.05, 3.63) is 35.6 Å². The molecule has 0 aromatic heterocycles. The number of nitrogens with two attached hydrogens (primary N) is 1. The zero-order chi connectivity index (χ0) is 13.9.